The van der Waals surface area contributed by atoms with Crippen LogP contribution in [0.1, 0.15) is 38.8 Å². The molecule has 358 valence electrons. The molecule has 0 spiro atoms. The molecule has 3 heterocycles. The first-order valence-electron chi connectivity index (χ1n) is 25.1. The summed E-state index contributed by atoms with van der Waals surface area (Å²) in [5, 5.41) is 0. The average molecular weight is 958 g/mol. The van der Waals surface area contributed by atoms with E-state index in [9.17, 15) is 0 Å². The molecule has 0 saturated carbocycles. The lowest BCUT2D eigenvalue weighted by molar-refractivity contribution is 0.102. The molecule has 0 atom stereocenters. The number of rotatable bonds is 14. The molecule has 0 amide bonds. The molecule has 3 aromatic heterocycles. The van der Waals surface area contributed by atoms with Crippen molar-refractivity contribution >= 4 is 0 Å². The van der Waals surface area contributed by atoms with Gasteiger partial charge in [-0.1, -0.05) is 146 Å². The van der Waals surface area contributed by atoms with Crippen molar-refractivity contribution in [1.29, 1.82) is 0 Å². The summed E-state index contributed by atoms with van der Waals surface area (Å²) in [4.78, 5) is 14.0. The van der Waals surface area contributed by atoms with Crippen LogP contribution in [0.4, 0.5) is 0 Å². The number of nitrogens with zero attached hydrogens (tertiary/aromatic N) is 3. The number of hydrogen-bond acceptors (Lipinski definition) is 5. The summed E-state index contributed by atoms with van der Waals surface area (Å²) in [6.45, 7) is 8.56. The van der Waals surface area contributed by atoms with Crippen LogP contribution in [0.15, 0.2) is 261 Å². The SMILES string of the molecule is CC(C)(Oc1ccc(-c2ccccn2)cc1)c1cc(-c2ccccc2-c2ccc(-c3cc(-c4ccc(-c5ccccc5)cc4)ccn3)cc2)cc(C(C)(C)Oc2ccc(-c3ccccn3)cc2-c2ccccc2)c1. The summed E-state index contributed by atoms with van der Waals surface area (Å²) in [5.74, 6) is 1.54. The maximum absolute atomic E-state index is 7.25. The molecule has 8 aromatic carbocycles. The summed E-state index contributed by atoms with van der Waals surface area (Å²) in [6.07, 6.45) is 5.54. The van der Waals surface area contributed by atoms with E-state index in [2.05, 4.69) is 220 Å². The first-order valence-corrected chi connectivity index (χ1v) is 25.1. The Bertz CT molecular complexity index is 3670. The Morgan fingerprint density at radius 1 is 0.270 bits per heavy atom. The minimum atomic E-state index is -0.802. The third kappa shape index (κ3) is 10.3. The number of ether oxygens (including phenoxy) is 2. The fraction of sp³-hybridized carbons (Fsp3) is 0.0870. The maximum atomic E-state index is 7.25. The second-order valence-corrected chi connectivity index (χ2v) is 19.6. The van der Waals surface area contributed by atoms with Crippen molar-refractivity contribution < 1.29 is 9.47 Å². The Labute approximate surface area is 434 Å². The highest BCUT2D eigenvalue weighted by atomic mass is 16.5. The Balaban J connectivity index is 0.949. The highest BCUT2D eigenvalue weighted by molar-refractivity contribution is 5.85. The summed E-state index contributed by atoms with van der Waals surface area (Å²) < 4.78 is 14.2. The highest BCUT2D eigenvalue weighted by Gasteiger charge is 2.31. The van der Waals surface area contributed by atoms with Crippen LogP contribution >= 0.6 is 0 Å². The molecule has 0 radical (unpaired) electrons. The third-order valence-corrected chi connectivity index (χ3v) is 13.7. The second-order valence-electron chi connectivity index (χ2n) is 19.6. The topological polar surface area (TPSA) is 57.1 Å². The van der Waals surface area contributed by atoms with Gasteiger partial charge in [0.1, 0.15) is 22.7 Å². The number of benzene rings is 8. The molecule has 5 nitrogen and oxygen atoms in total. The van der Waals surface area contributed by atoms with Gasteiger partial charge in [0.2, 0.25) is 0 Å². The Morgan fingerprint density at radius 2 is 0.716 bits per heavy atom. The van der Waals surface area contributed by atoms with Crippen molar-refractivity contribution in [3.63, 3.8) is 0 Å². The van der Waals surface area contributed by atoms with Gasteiger partial charge in [-0.25, -0.2) is 0 Å². The molecule has 11 rings (SSSR count). The van der Waals surface area contributed by atoms with Gasteiger partial charge < -0.3 is 9.47 Å². The fourth-order valence-electron chi connectivity index (χ4n) is 9.61. The van der Waals surface area contributed by atoms with E-state index in [0.717, 1.165) is 101 Å². The number of hydrogen-bond donors (Lipinski definition) is 0. The predicted molar refractivity (Wildman–Crippen MR) is 304 cm³/mol. The average Bonchev–Trinajstić information content (AvgIpc) is 3.46. The van der Waals surface area contributed by atoms with Gasteiger partial charge in [-0.05, 0) is 186 Å². The molecular weight excluding hydrogens is 903 g/mol. The van der Waals surface area contributed by atoms with Gasteiger partial charge in [0, 0.05) is 40.8 Å². The maximum Gasteiger partial charge on any atom is 0.128 e. The fourth-order valence-corrected chi connectivity index (χ4v) is 9.61. The smallest absolute Gasteiger partial charge is 0.128 e. The second kappa shape index (κ2) is 20.5. The van der Waals surface area contributed by atoms with Gasteiger partial charge in [0.25, 0.3) is 0 Å². The molecule has 0 fully saturated rings. The van der Waals surface area contributed by atoms with E-state index >= 15 is 0 Å². The molecule has 11 aromatic rings. The lowest BCUT2D eigenvalue weighted by atomic mass is 9.85. The molecular formula is C69H55N3O2. The Kier molecular flexibility index (Phi) is 13.1. The van der Waals surface area contributed by atoms with Gasteiger partial charge in [0.15, 0.2) is 0 Å². The van der Waals surface area contributed by atoms with Crippen molar-refractivity contribution in [1.82, 2.24) is 15.0 Å². The zero-order valence-electron chi connectivity index (χ0n) is 42.0. The van der Waals surface area contributed by atoms with E-state index in [0.29, 0.717) is 0 Å². The van der Waals surface area contributed by atoms with Crippen LogP contribution in [0.3, 0.4) is 0 Å². The zero-order chi connectivity index (χ0) is 50.5. The molecule has 5 heteroatoms. The van der Waals surface area contributed by atoms with Crippen molar-refractivity contribution in [2.45, 2.75) is 38.9 Å². The van der Waals surface area contributed by atoms with E-state index in [1.54, 1.807) is 0 Å². The van der Waals surface area contributed by atoms with Crippen LogP contribution in [0.25, 0.3) is 89.4 Å². The van der Waals surface area contributed by atoms with Crippen LogP contribution < -0.4 is 9.47 Å². The van der Waals surface area contributed by atoms with Gasteiger partial charge in [-0.2, -0.15) is 0 Å². The van der Waals surface area contributed by atoms with Crippen LogP contribution in [-0.2, 0) is 11.2 Å². The lowest BCUT2D eigenvalue weighted by Gasteiger charge is -2.33. The van der Waals surface area contributed by atoms with Gasteiger partial charge >= 0.3 is 0 Å². The lowest BCUT2D eigenvalue weighted by Crippen LogP contribution is -2.29. The van der Waals surface area contributed by atoms with Crippen LogP contribution in [0, 0.1) is 0 Å². The summed E-state index contributed by atoms with van der Waals surface area (Å²) in [5.41, 5.74) is 17.4. The Morgan fingerprint density at radius 3 is 1.34 bits per heavy atom. The summed E-state index contributed by atoms with van der Waals surface area (Å²) in [6, 6.07) is 84.6. The highest BCUT2D eigenvalue weighted by Crippen LogP contribution is 2.43. The molecule has 74 heavy (non-hydrogen) atoms. The monoisotopic (exact) mass is 957 g/mol. The van der Waals surface area contributed by atoms with E-state index in [-0.39, 0.29) is 0 Å². The van der Waals surface area contributed by atoms with Crippen molar-refractivity contribution in [3.05, 3.63) is 272 Å². The van der Waals surface area contributed by atoms with Crippen LogP contribution in [0.5, 0.6) is 11.5 Å². The van der Waals surface area contributed by atoms with E-state index in [1.807, 2.05) is 79.3 Å². The van der Waals surface area contributed by atoms with Gasteiger partial charge in [-0.15, -0.1) is 0 Å². The van der Waals surface area contributed by atoms with Gasteiger partial charge in [-0.3, -0.25) is 15.0 Å². The van der Waals surface area contributed by atoms with Crippen LogP contribution in [-0.4, -0.2) is 15.0 Å². The number of aromatic nitrogens is 3. The molecule has 0 N–H and O–H groups in total. The summed E-state index contributed by atoms with van der Waals surface area (Å²) >= 11 is 0. The summed E-state index contributed by atoms with van der Waals surface area (Å²) in [7, 11) is 0. The van der Waals surface area contributed by atoms with E-state index in [4.69, 9.17) is 14.5 Å². The molecule has 0 unspecified atom stereocenters. The van der Waals surface area contributed by atoms with E-state index in [1.165, 1.54) is 11.1 Å². The van der Waals surface area contributed by atoms with Crippen molar-refractivity contribution in [3.8, 4) is 101 Å². The third-order valence-electron chi connectivity index (χ3n) is 13.7. The predicted octanol–water partition coefficient (Wildman–Crippen LogP) is 17.8. The number of pyridine rings is 3. The largest absolute Gasteiger partial charge is 0.483 e. The molecule has 0 saturated heterocycles. The zero-order valence-corrected chi connectivity index (χ0v) is 42.0. The Hall–Kier alpha value is -9.19. The molecule has 0 aliphatic carbocycles. The first kappa shape index (κ1) is 47.2. The normalized spacial score (nSPS) is 11.5. The molecule has 0 aliphatic rings. The minimum Gasteiger partial charge on any atom is -0.483 e. The standard InChI is InChI=1S/C69H55N3O2/c1-68(2,73-60-36-33-53(34-37-60)64-23-13-15-40-70-64)58-43-57(44-59(47-58)69(3,4)74-67-38-35-56(65-24-14-16-41-71-65)45-63(67)51-19-9-6-10-20-51)62-22-12-11-21-61(62)52-29-31-54(32-30-52)66-46-55(39-42-72-66)50-27-25-49(26-28-50)48-17-7-5-8-18-48/h5-47H,1-4H3. The molecule has 0 bridgehead atoms. The van der Waals surface area contributed by atoms with Crippen LogP contribution in [0.2, 0.25) is 0 Å². The minimum absolute atomic E-state index is 0.755. The van der Waals surface area contributed by atoms with Gasteiger partial charge in [0.05, 0.1) is 17.1 Å². The van der Waals surface area contributed by atoms with E-state index < -0.39 is 11.2 Å². The van der Waals surface area contributed by atoms with Crippen molar-refractivity contribution in [2.75, 3.05) is 0 Å². The molecule has 0 aliphatic heterocycles. The van der Waals surface area contributed by atoms with Crippen molar-refractivity contribution in [2.24, 2.45) is 0 Å². The first-order chi connectivity index (χ1) is 36.1. The quantitative estimate of drug-likeness (QED) is 0.109.